The zero-order valence-corrected chi connectivity index (χ0v) is 11.1. The van der Waals surface area contributed by atoms with Gasteiger partial charge in [0, 0.05) is 19.8 Å². The van der Waals surface area contributed by atoms with E-state index in [0.29, 0.717) is 5.56 Å². The Morgan fingerprint density at radius 1 is 1.39 bits per heavy atom. The lowest BCUT2D eigenvalue weighted by Crippen LogP contribution is -2.26. The van der Waals surface area contributed by atoms with Gasteiger partial charge in [0.1, 0.15) is 0 Å². The third kappa shape index (κ3) is 3.84. The number of unbranched alkanes of at least 4 members (excludes halogenated alkanes) is 1. The van der Waals surface area contributed by atoms with Crippen molar-refractivity contribution < 1.29 is 4.79 Å². The summed E-state index contributed by atoms with van der Waals surface area (Å²) in [6.07, 6.45) is 8.23. The Bertz CT molecular complexity index is 382. The molecule has 0 bridgehead atoms. The molecule has 1 fully saturated rings. The fraction of sp³-hybridized carbons (Fsp3) is 0.692. The fourth-order valence-electron chi connectivity index (χ4n) is 2.31. The first-order valence-electron chi connectivity index (χ1n) is 6.75. The lowest BCUT2D eigenvalue weighted by Gasteiger charge is -2.13. The predicted octanol–water partition coefficient (Wildman–Crippen LogP) is 1.03. The van der Waals surface area contributed by atoms with Crippen molar-refractivity contribution in [2.75, 3.05) is 26.2 Å². The Kier molecular flexibility index (Phi) is 4.75. The fourth-order valence-corrected chi connectivity index (χ4v) is 2.31. The molecule has 0 radical (unpaired) electrons. The van der Waals surface area contributed by atoms with Crippen LogP contribution in [0, 0.1) is 0 Å². The van der Waals surface area contributed by atoms with E-state index in [1.165, 1.54) is 32.5 Å². The molecule has 0 aromatic carbocycles. The Morgan fingerprint density at radius 3 is 2.83 bits per heavy atom. The Morgan fingerprint density at radius 2 is 2.17 bits per heavy atom. The molecule has 0 unspecified atom stereocenters. The van der Waals surface area contributed by atoms with Gasteiger partial charge in [-0.25, -0.2) is 0 Å². The molecule has 0 saturated carbocycles. The number of aryl methyl sites for hydroxylation is 1. The second-order valence-electron chi connectivity index (χ2n) is 4.91. The van der Waals surface area contributed by atoms with Crippen molar-refractivity contribution in [3.05, 3.63) is 18.0 Å². The van der Waals surface area contributed by atoms with Crippen LogP contribution in [0.2, 0.25) is 0 Å². The summed E-state index contributed by atoms with van der Waals surface area (Å²) in [6.45, 7) is 4.43. The highest BCUT2D eigenvalue weighted by molar-refractivity contribution is 5.93. The van der Waals surface area contributed by atoms with Crippen LogP contribution >= 0.6 is 0 Å². The maximum Gasteiger partial charge on any atom is 0.254 e. The molecule has 18 heavy (non-hydrogen) atoms. The van der Waals surface area contributed by atoms with E-state index in [9.17, 15) is 4.79 Å². The number of carbonyl (C=O) groups excluding carboxylic acids is 1. The number of hydrogen-bond acceptors (Lipinski definition) is 3. The number of carbonyl (C=O) groups is 1. The van der Waals surface area contributed by atoms with Crippen LogP contribution in [0.15, 0.2) is 12.4 Å². The van der Waals surface area contributed by atoms with Crippen LogP contribution in [-0.4, -0.2) is 46.8 Å². The maximum absolute atomic E-state index is 11.7. The van der Waals surface area contributed by atoms with Crippen LogP contribution in [0.25, 0.3) is 0 Å². The molecule has 100 valence electrons. The summed E-state index contributed by atoms with van der Waals surface area (Å²) in [4.78, 5) is 14.2. The van der Waals surface area contributed by atoms with E-state index in [1.807, 2.05) is 7.05 Å². The third-order valence-corrected chi connectivity index (χ3v) is 3.35. The van der Waals surface area contributed by atoms with Crippen molar-refractivity contribution in [1.29, 1.82) is 0 Å². The molecular formula is C13H22N4O. The number of aromatic nitrogens is 2. The highest BCUT2D eigenvalue weighted by atomic mass is 16.1. The summed E-state index contributed by atoms with van der Waals surface area (Å²) in [5, 5.41) is 6.91. The zero-order chi connectivity index (χ0) is 12.8. The average molecular weight is 250 g/mol. The smallest absolute Gasteiger partial charge is 0.254 e. The first kappa shape index (κ1) is 13.1. The van der Waals surface area contributed by atoms with Gasteiger partial charge in [-0.15, -0.1) is 0 Å². The van der Waals surface area contributed by atoms with E-state index >= 15 is 0 Å². The quantitative estimate of drug-likeness (QED) is 0.767. The van der Waals surface area contributed by atoms with Crippen molar-refractivity contribution >= 4 is 5.91 Å². The summed E-state index contributed by atoms with van der Waals surface area (Å²) < 4.78 is 1.64. The van der Waals surface area contributed by atoms with Gasteiger partial charge < -0.3 is 10.2 Å². The number of rotatable bonds is 6. The highest BCUT2D eigenvalue weighted by Crippen LogP contribution is 2.07. The Hall–Kier alpha value is -1.36. The molecule has 1 N–H and O–H groups in total. The van der Waals surface area contributed by atoms with Crippen molar-refractivity contribution in [1.82, 2.24) is 20.0 Å². The monoisotopic (exact) mass is 250 g/mol. The molecule has 0 aliphatic carbocycles. The standard InChI is InChI=1S/C13H22N4O/c1-16-11-12(10-15-16)13(18)14-6-2-3-7-17-8-4-5-9-17/h10-11H,2-9H2,1H3,(H,14,18). The minimum Gasteiger partial charge on any atom is -0.352 e. The molecule has 1 aliphatic heterocycles. The van der Waals surface area contributed by atoms with Crippen LogP contribution in [0.5, 0.6) is 0 Å². The van der Waals surface area contributed by atoms with Crippen molar-refractivity contribution in [2.24, 2.45) is 7.05 Å². The van der Waals surface area contributed by atoms with Gasteiger partial charge in [-0.1, -0.05) is 0 Å². The van der Waals surface area contributed by atoms with E-state index in [4.69, 9.17) is 0 Å². The molecule has 1 aromatic heterocycles. The number of amides is 1. The minimum atomic E-state index is -0.0238. The minimum absolute atomic E-state index is 0.0238. The van der Waals surface area contributed by atoms with E-state index in [2.05, 4.69) is 15.3 Å². The molecule has 1 aromatic rings. The molecular weight excluding hydrogens is 228 g/mol. The molecule has 5 nitrogen and oxygen atoms in total. The van der Waals surface area contributed by atoms with Gasteiger partial charge in [0.05, 0.1) is 11.8 Å². The van der Waals surface area contributed by atoms with Gasteiger partial charge in [0.15, 0.2) is 0 Å². The van der Waals surface area contributed by atoms with Gasteiger partial charge in [0.2, 0.25) is 0 Å². The number of nitrogens with zero attached hydrogens (tertiary/aromatic N) is 3. The molecule has 1 saturated heterocycles. The van der Waals surface area contributed by atoms with Crippen LogP contribution < -0.4 is 5.32 Å². The van der Waals surface area contributed by atoms with E-state index < -0.39 is 0 Å². The molecule has 0 atom stereocenters. The molecule has 5 heteroatoms. The second kappa shape index (κ2) is 6.54. The Balaban J connectivity index is 1.56. The number of likely N-dealkylation sites (tertiary alicyclic amines) is 1. The summed E-state index contributed by atoms with van der Waals surface area (Å²) in [7, 11) is 1.81. The molecule has 1 amide bonds. The van der Waals surface area contributed by atoms with Gasteiger partial charge >= 0.3 is 0 Å². The lowest BCUT2D eigenvalue weighted by molar-refractivity contribution is 0.0952. The van der Waals surface area contributed by atoms with Crippen LogP contribution in [0.3, 0.4) is 0 Å². The average Bonchev–Trinajstić information content (AvgIpc) is 2.99. The number of hydrogen-bond donors (Lipinski definition) is 1. The van der Waals surface area contributed by atoms with Gasteiger partial charge in [-0.05, 0) is 45.3 Å². The largest absolute Gasteiger partial charge is 0.352 e. The Labute approximate surface area is 108 Å². The third-order valence-electron chi connectivity index (χ3n) is 3.35. The SMILES string of the molecule is Cn1cc(C(=O)NCCCCN2CCCC2)cn1. The van der Waals surface area contributed by atoms with E-state index in [0.717, 1.165) is 19.4 Å². The molecule has 0 spiro atoms. The molecule has 2 heterocycles. The van der Waals surface area contributed by atoms with Gasteiger partial charge in [0.25, 0.3) is 5.91 Å². The van der Waals surface area contributed by atoms with Crippen molar-refractivity contribution in [2.45, 2.75) is 25.7 Å². The molecule has 1 aliphatic rings. The zero-order valence-electron chi connectivity index (χ0n) is 11.1. The lowest BCUT2D eigenvalue weighted by atomic mass is 10.2. The maximum atomic E-state index is 11.7. The van der Waals surface area contributed by atoms with Gasteiger partial charge in [-0.3, -0.25) is 9.48 Å². The molecule has 2 rings (SSSR count). The summed E-state index contributed by atoms with van der Waals surface area (Å²) in [6, 6.07) is 0. The second-order valence-corrected chi connectivity index (χ2v) is 4.91. The van der Waals surface area contributed by atoms with E-state index in [1.54, 1.807) is 17.1 Å². The van der Waals surface area contributed by atoms with E-state index in [-0.39, 0.29) is 5.91 Å². The summed E-state index contributed by atoms with van der Waals surface area (Å²) in [5.74, 6) is -0.0238. The first-order valence-corrected chi connectivity index (χ1v) is 6.75. The topological polar surface area (TPSA) is 50.2 Å². The van der Waals surface area contributed by atoms with Crippen molar-refractivity contribution in [3.63, 3.8) is 0 Å². The number of nitrogens with one attached hydrogen (secondary N) is 1. The first-order chi connectivity index (χ1) is 8.75. The summed E-state index contributed by atoms with van der Waals surface area (Å²) in [5.41, 5.74) is 0.636. The normalized spacial score (nSPS) is 16.1. The summed E-state index contributed by atoms with van der Waals surface area (Å²) >= 11 is 0. The predicted molar refractivity (Wildman–Crippen MR) is 70.4 cm³/mol. The van der Waals surface area contributed by atoms with Crippen molar-refractivity contribution in [3.8, 4) is 0 Å². The van der Waals surface area contributed by atoms with Crippen LogP contribution in [-0.2, 0) is 7.05 Å². The van der Waals surface area contributed by atoms with Crippen LogP contribution in [0.4, 0.5) is 0 Å². The van der Waals surface area contributed by atoms with Crippen LogP contribution in [0.1, 0.15) is 36.0 Å². The van der Waals surface area contributed by atoms with Gasteiger partial charge in [-0.2, -0.15) is 5.10 Å². The highest BCUT2D eigenvalue weighted by Gasteiger charge is 2.10.